The predicted octanol–water partition coefficient (Wildman–Crippen LogP) is 14.8. The second-order valence-electron chi connectivity index (χ2n) is 14.8. The third kappa shape index (κ3) is 5.25. The van der Waals surface area contributed by atoms with E-state index in [2.05, 4.69) is 199 Å². The van der Waals surface area contributed by atoms with E-state index in [9.17, 15) is 0 Å². The lowest BCUT2D eigenvalue weighted by molar-refractivity contribution is 0.667. The lowest BCUT2D eigenvalue weighted by atomic mass is 9.83. The molecule has 9 aromatic carbocycles. The summed E-state index contributed by atoms with van der Waals surface area (Å²) < 4.78 is 6.66. The molecule has 0 bridgehead atoms. The highest BCUT2D eigenvalue weighted by Gasteiger charge is 2.29. The largest absolute Gasteiger partial charge is 0.456 e. The quantitative estimate of drug-likeness (QED) is 0.177. The van der Waals surface area contributed by atoms with E-state index in [0.717, 1.165) is 46.5 Å². The van der Waals surface area contributed by atoms with Gasteiger partial charge >= 0.3 is 0 Å². The van der Waals surface area contributed by atoms with E-state index < -0.39 is 0 Å². The van der Waals surface area contributed by atoms with Gasteiger partial charge in [-0.2, -0.15) is 0 Å². The third-order valence-electron chi connectivity index (χ3n) is 11.7. The molecule has 1 unspecified atom stereocenters. The normalized spacial score (nSPS) is 13.9. The van der Waals surface area contributed by atoms with Crippen LogP contribution < -0.4 is 4.90 Å². The summed E-state index contributed by atoms with van der Waals surface area (Å²) in [6, 6.07) is 70.8. The Labute approximate surface area is 320 Å². The second kappa shape index (κ2) is 12.9. The van der Waals surface area contributed by atoms with Gasteiger partial charge in [-0.05, 0) is 116 Å². The summed E-state index contributed by atoms with van der Waals surface area (Å²) in [5.41, 5.74) is 14.5. The van der Waals surface area contributed by atoms with Gasteiger partial charge in [-0.1, -0.05) is 146 Å². The molecule has 1 heterocycles. The highest BCUT2D eigenvalue weighted by Crippen LogP contribution is 2.51. The van der Waals surface area contributed by atoms with Crippen LogP contribution in [0.3, 0.4) is 0 Å². The fourth-order valence-corrected chi connectivity index (χ4v) is 9.18. The predicted molar refractivity (Wildman–Crippen MR) is 231 cm³/mol. The Morgan fingerprint density at radius 2 is 1.09 bits per heavy atom. The van der Waals surface area contributed by atoms with Gasteiger partial charge in [0.15, 0.2) is 0 Å². The van der Waals surface area contributed by atoms with E-state index >= 15 is 0 Å². The Bertz CT molecular complexity index is 3040. The summed E-state index contributed by atoms with van der Waals surface area (Å²) in [7, 11) is 0. The fourth-order valence-electron chi connectivity index (χ4n) is 9.18. The first-order valence-corrected chi connectivity index (χ1v) is 19.3. The summed E-state index contributed by atoms with van der Waals surface area (Å²) in [5, 5.41) is 7.33. The van der Waals surface area contributed by atoms with Gasteiger partial charge in [0.1, 0.15) is 11.2 Å². The summed E-state index contributed by atoms with van der Waals surface area (Å²) in [5.74, 6) is 0.229. The number of nitrogens with zero attached hydrogens (tertiary/aromatic N) is 1. The van der Waals surface area contributed by atoms with Crippen LogP contribution >= 0.6 is 0 Å². The van der Waals surface area contributed by atoms with E-state index in [1.54, 1.807) is 0 Å². The lowest BCUT2D eigenvalue weighted by Gasteiger charge is -2.27. The van der Waals surface area contributed by atoms with Crippen molar-refractivity contribution in [3.63, 3.8) is 0 Å². The molecule has 0 aliphatic heterocycles. The van der Waals surface area contributed by atoms with Crippen molar-refractivity contribution in [2.24, 2.45) is 0 Å². The minimum atomic E-state index is 0.229. The molecule has 2 heteroatoms. The molecule has 55 heavy (non-hydrogen) atoms. The van der Waals surface area contributed by atoms with Crippen molar-refractivity contribution in [3.8, 4) is 22.3 Å². The van der Waals surface area contributed by atoms with E-state index in [4.69, 9.17) is 4.42 Å². The molecule has 260 valence electrons. The average Bonchev–Trinajstić information content (AvgIpc) is 3.54. The van der Waals surface area contributed by atoms with E-state index in [-0.39, 0.29) is 5.92 Å². The minimum absolute atomic E-state index is 0.229. The van der Waals surface area contributed by atoms with Crippen LogP contribution in [0.1, 0.15) is 29.0 Å². The Balaban J connectivity index is 1.07. The molecule has 0 N–H and O–H groups in total. The maximum absolute atomic E-state index is 6.66. The molecule has 0 amide bonds. The van der Waals surface area contributed by atoms with Crippen molar-refractivity contribution in [1.82, 2.24) is 0 Å². The number of benzene rings is 9. The zero-order chi connectivity index (χ0) is 36.3. The molecule has 1 aliphatic carbocycles. The fraction of sp³-hybridized carbons (Fsp3) is 0.0566. The lowest BCUT2D eigenvalue weighted by Crippen LogP contribution is -2.10. The number of rotatable bonds is 5. The van der Waals surface area contributed by atoms with Gasteiger partial charge in [0.2, 0.25) is 0 Å². The molecule has 0 radical (unpaired) electrons. The number of anilines is 3. The zero-order valence-corrected chi connectivity index (χ0v) is 30.3. The van der Waals surface area contributed by atoms with Crippen molar-refractivity contribution in [2.75, 3.05) is 4.90 Å². The third-order valence-corrected chi connectivity index (χ3v) is 11.7. The van der Waals surface area contributed by atoms with Crippen molar-refractivity contribution >= 4 is 60.5 Å². The van der Waals surface area contributed by atoms with Crippen LogP contribution in [-0.4, -0.2) is 0 Å². The molecular weight excluding hydrogens is 667 g/mol. The number of hydrogen-bond acceptors (Lipinski definition) is 2. The standard InChI is InChI=1S/C53H37NO/c1-2-17-40(18-3-1)54(42-31-25-35-13-4-5-15-38(35)33-42)41-29-26-37(27-30-41)44-32-28-39-34-50-52(48-22-10-11-24-49(48)55-50)53(51(39)47-21-9-8-20-45(44)47)46-23-12-16-36-14-6-7-19-43(36)46/h1-27,29-31,33-34,44H,28,32H2. The molecule has 11 rings (SSSR count). The average molecular weight is 704 g/mol. The Morgan fingerprint density at radius 1 is 0.436 bits per heavy atom. The van der Waals surface area contributed by atoms with Crippen molar-refractivity contribution in [1.29, 1.82) is 0 Å². The molecule has 1 aliphatic rings. The first kappa shape index (κ1) is 31.6. The second-order valence-corrected chi connectivity index (χ2v) is 14.8. The number of para-hydroxylation sites is 2. The maximum Gasteiger partial charge on any atom is 0.136 e. The molecule has 2 nitrogen and oxygen atoms in total. The number of furan rings is 1. The van der Waals surface area contributed by atoms with Crippen molar-refractivity contribution in [3.05, 3.63) is 211 Å². The summed E-state index contributed by atoms with van der Waals surface area (Å²) in [6.07, 6.45) is 1.94. The Morgan fingerprint density at radius 3 is 1.96 bits per heavy atom. The molecule has 0 saturated heterocycles. The van der Waals surface area contributed by atoms with Gasteiger partial charge in [0.05, 0.1) is 0 Å². The van der Waals surface area contributed by atoms with E-state index in [1.165, 1.54) is 65.9 Å². The van der Waals surface area contributed by atoms with E-state index in [0.29, 0.717) is 0 Å². The number of aryl methyl sites for hydroxylation is 1. The monoisotopic (exact) mass is 703 g/mol. The van der Waals surface area contributed by atoms with Gasteiger partial charge in [-0.3, -0.25) is 0 Å². The molecule has 0 saturated carbocycles. The van der Waals surface area contributed by atoms with Gasteiger partial charge < -0.3 is 9.32 Å². The zero-order valence-electron chi connectivity index (χ0n) is 30.3. The van der Waals surface area contributed by atoms with Crippen LogP contribution in [0.25, 0.3) is 65.7 Å². The van der Waals surface area contributed by atoms with Gasteiger partial charge in [-0.15, -0.1) is 0 Å². The summed E-state index contributed by atoms with van der Waals surface area (Å²) >= 11 is 0. The molecule has 0 fully saturated rings. The van der Waals surface area contributed by atoms with Crippen LogP contribution in [0, 0.1) is 0 Å². The summed E-state index contributed by atoms with van der Waals surface area (Å²) in [4.78, 5) is 2.36. The van der Waals surface area contributed by atoms with Gasteiger partial charge in [0.25, 0.3) is 0 Å². The summed E-state index contributed by atoms with van der Waals surface area (Å²) in [6.45, 7) is 0. The number of hydrogen-bond donors (Lipinski definition) is 0. The maximum atomic E-state index is 6.66. The van der Waals surface area contributed by atoms with Crippen LogP contribution in [0.15, 0.2) is 199 Å². The molecule has 0 spiro atoms. The van der Waals surface area contributed by atoms with Gasteiger partial charge in [-0.25, -0.2) is 0 Å². The first-order chi connectivity index (χ1) is 27.3. The minimum Gasteiger partial charge on any atom is -0.456 e. The SMILES string of the molecule is c1ccc(N(c2ccc(C3CCc4cc5oc6ccccc6c5c(-c5cccc6ccccc56)c4-c4ccccc43)cc2)c2ccc3ccccc3c2)cc1. The topological polar surface area (TPSA) is 16.4 Å². The van der Waals surface area contributed by atoms with Gasteiger partial charge in [0, 0.05) is 39.3 Å². The highest BCUT2D eigenvalue weighted by molar-refractivity contribution is 6.19. The number of fused-ring (bicyclic) bond motifs is 8. The molecule has 1 aromatic heterocycles. The van der Waals surface area contributed by atoms with Crippen LogP contribution in [-0.2, 0) is 6.42 Å². The van der Waals surface area contributed by atoms with Crippen LogP contribution in [0.5, 0.6) is 0 Å². The molecular formula is C53H37NO. The highest BCUT2D eigenvalue weighted by atomic mass is 16.3. The first-order valence-electron chi connectivity index (χ1n) is 19.3. The Kier molecular flexibility index (Phi) is 7.41. The van der Waals surface area contributed by atoms with Crippen LogP contribution in [0.4, 0.5) is 17.1 Å². The molecule has 10 aromatic rings. The smallest absolute Gasteiger partial charge is 0.136 e. The molecule has 1 atom stereocenters. The van der Waals surface area contributed by atoms with Crippen molar-refractivity contribution < 1.29 is 4.42 Å². The van der Waals surface area contributed by atoms with Crippen molar-refractivity contribution in [2.45, 2.75) is 18.8 Å². The van der Waals surface area contributed by atoms with Crippen LogP contribution in [0.2, 0.25) is 0 Å². The Hall–Kier alpha value is -6.90. The van der Waals surface area contributed by atoms with E-state index in [1.807, 2.05) is 0 Å².